The van der Waals surface area contributed by atoms with Gasteiger partial charge in [0.05, 0.1) is 0 Å². The number of rotatable bonds is 6. The van der Waals surface area contributed by atoms with Gasteiger partial charge in [0.2, 0.25) is 0 Å². The van der Waals surface area contributed by atoms with Crippen LogP contribution in [0.5, 0.6) is 0 Å². The van der Waals surface area contributed by atoms with Crippen LogP contribution in [-0.2, 0) is 4.79 Å². The highest BCUT2D eigenvalue weighted by Crippen LogP contribution is 1.91. The second-order valence-corrected chi connectivity index (χ2v) is 2.92. The fourth-order valence-electron chi connectivity index (χ4n) is 0.581. The molecule has 0 aliphatic rings. The minimum absolute atomic E-state index is 0.00904. The summed E-state index contributed by atoms with van der Waals surface area (Å²) in [4.78, 5) is 10.9. The van der Waals surface area contributed by atoms with Gasteiger partial charge in [0.15, 0.2) is 5.78 Å². The summed E-state index contributed by atoms with van der Waals surface area (Å²) in [6, 6.07) is 0. The van der Waals surface area contributed by atoms with Crippen LogP contribution in [0.2, 0.25) is 0 Å². The summed E-state index contributed by atoms with van der Waals surface area (Å²) in [7, 11) is 0. The summed E-state index contributed by atoms with van der Waals surface area (Å²) >= 11 is 10.8. The van der Waals surface area contributed by atoms with E-state index in [-0.39, 0.29) is 5.78 Å². The molecule has 0 unspecified atom stereocenters. The maximum absolute atomic E-state index is 10.9. The number of halogens is 2. The first-order valence-electron chi connectivity index (χ1n) is 3.80. The predicted octanol–water partition coefficient (Wildman–Crippen LogP) is 2.93. The predicted molar refractivity (Wildman–Crippen MR) is 54.0 cm³/mol. The molecule has 0 spiro atoms. The lowest BCUT2D eigenvalue weighted by Gasteiger charge is -1.84. The Balaban J connectivity index is 3.58. The van der Waals surface area contributed by atoms with E-state index in [1.54, 1.807) is 12.2 Å². The molecule has 1 nitrogen and oxygen atoms in total. The molecule has 68 valence electrons. The molecule has 0 aromatic rings. The van der Waals surface area contributed by atoms with E-state index in [4.69, 9.17) is 23.2 Å². The summed E-state index contributed by atoms with van der Waals surface area (Å²) in [5.41, 5.74) is 0. The Hall–Kier alpha value is -0.270. The Labute approximate surface area is 83.0 Å². The van der Waals surface area contributed by atoms with E-state index in [0.717, 1.165) is 12.8 Å². The van der Waals surface area contributed by atoms with Gasteiger partial charge in [-0.3, -0.25) is 4.79 Å². The molecular formula is C9H12Cl2O. The van der Waals surface area contributed by atoms with E-state index in [2.05, 4.69) is 0 Å². The lowest BCUT2D eigenvalue weighted by atomic mass is 10.3. The molecule has 0 aliphatic heterocycles. The van der Waals surface area contributed by atoms with Crippen molar-refractivity contribution in [2.45, 2.75) is 12.8 Å². The van der Waals surface area contributed by atoms with Gasteiger partial charge in [-0.1, -0.05) is 12.2 Å². The number of allylic oxidation sites excluding steroid dienone is 4. The summed E-state index contributed by atoms with van der Waals surface area (Å²) < 4.78 is 0. The Morgan fingerprint density at radius 2 is 1.42 bits per heavy atom. The van der Waals surface area contributed by atoms with E-state index in [9.17, 15) is 4.79 Å². The van der Waals surface area contributed by atoms with Crippen molar-refractivity contribution < 1.29 is 4.79 Å². The van der Waals surface area contributed by atoms with Gasteiger partial charge in [0.25, 0.3) is 0 Å². The van der Waals surface area contributed by atoms with Crippen LogP contribution in [0.3, 0.4) is 0 Å². The summed E-state index contributed by atoms with van der Waals surface area (Å²) in [6.45, 7) is 0. The van der Waals surface area contributed by atoms with Crippen LogP contribution in [0, 0.1) is 0 Å². The molecule has 0 saturated carbocycles. The Morgan fingerprint density at radius 3 is 1.75 bits per heavy atom. The number of alkyl halides is 2. The summed E-state index contributed by atoms with van der Waals surface area (Å²) in [5.74, 6) is 1.09. The Morgan fingerprint density at radius 1 is 1.00 bits per heavy atom. The molecule has 0 saturated heterocycles. The standard InChI is InChI=1S/C9H12Cl2O/c10-7-3-1-5-9(12)6-2-4-8-11/h1-2,5-6H,3-4,7-8H2. The van der Waals surface area contributed by atoms with Crippen LogP contribution in [0.15, 0.2) is 24.3 Å². The molecule has 0 aliphatic carbocycles. The largest absolute Gasteiger partial charge is 0.290 e. The van der Waals surface area contributed by atoms with Crippen LogP contribution in [0.4, 0.5) is 0 Å². The molecule has 0 fully saturated rings. The van der Waals surface area contributed by atoms with Gasteiger partial charge in [-0.05, 0) is 25.0 Å². The first-order chi connectivity index (χ1) is 5.81. The highest BCUT2D eigenvalue weighted by atomic mass is 35.5. The smallest absolute Gasteiger partial charge is 0.178 e. The van der Waals surface area contributed by atoms with E-state index in [0.29, 0.717) is 11.8 Å². The van der Waals surface area contributed by atoms with Crippen molar-refractivity contribution in [3.63, 3.8) is 0 Å². The molecule has 0 atom stereocenters. The van der Waals surface area contributed by atoms with Crippen LogP contribution in [0.1, 0.15) is 12.8 Å². The fourth-order valence-corrected chi connectivity index (χ4v) is 0.832. The monoisotopic (exact) mass is 206 g/mol. The van der Waals surface area contributed by atoms with Gasteiger partial charge in [-0.25, -0.2) is 0 Å². The van der Waals surface area contributed by atoms with Crippen molar-refractivity contribution in [2.75, 3.05) is 11.8 Å². The molecule has 0 aromatic carbocycles. The van der Waals surface area contributed by atoms with Crippen molar-refractivity contribution in [3.05, 3.63) is 24.3 Å². The van der Waals surface area contributed by atoms with Gasteiger partial charge in [-0.15, -0.1) is 23.2 Å². The Kier molecular flexibility index (Phi) is 8.62. The third-order valence-corrected chi connectivity index (χ3v) is 1.55. The molecule has 0 N–H and O–H groups in total. The highest BCUT2D eigenvalue weighted by Gasteiger charge is 1.86. The van der Waals surface area contributed by atoms with Crippen LogP contribution < -0.4 is 0 Å². The zero-order chi connectivity index (χ0) is 9.23. The van der Waals surface area contributed by atoms with Crippen LogP contribution >= 0.6 is 23.2 Å². The van der Waals surface area contributed by atoms with Crippen molar-refractivity contribution in [1.29, 1.82) is 0 Å². The number of hydrogen-bond donors (Lipinski definition) is 0. The molecule has 0 bridgehead atoms. The van der Waals surface area contributed by atoms with E-state index >= 15 is 0 Å². The zero-order valence-electron chi connectivity index (χ0n) is 6.80. The van der Waals surface area contributed by atoms with Crippen molar-refractivity contribution in [1.82, 2.24) is 0 Å². The second-order valence-electron chi connectivity index (χ2n) is 2.16. The highest BCUT2D eigenvalue weighted by molar-refractivity contribution is 6.18. The van der Waals surface area contributed by atoms with Gasteiger partial charge in [0, 0.05) is 11.8 Å². The second kappa shape index (κ2) is 8.82. The zero-order valence-corrected chi connectivity index (χ0v) is 8.31. The lowest BCUT2D eigenvalue weighted by Crippen LogP contribution is -1.85. The van der Waals surface area contributed by atoms with Crippen LogP contribution in [-0.4, -0.2) is 17.5 Å². The summed E-state index contributed by atoms with van der Waals surface area (Å²) in [6.07, 6.45) is 8.04. The fraction of sp³-hybridized carbons (Fsp3) is 0.444. The van der Waals surface area contributed by atoms with Crippen molar-refractivity contribution in [3.8, 4) is 0 Å². The van der Waals surface area contributed by atoms with Crippen molar-refractivity contribution in [2.24, 2.45) is 0 Å². The number of hydrogen-bond acceptors (Lipinski definition) is 1. The molecule has 0 heterocycles. The van der Waals surface area contributed by atoms with Gasteiger partial charge in [-0.2, -0.15) is 0 Å². The first-order valence-corrected chi connectivity index (χ1v) is 4.87. The maximum Gasteiger partial charge on any atom is 0.178 e. The number of ketones is 1. The molecule has 0 rings (SSSR count). The van der Waals surface area contributed by atoms with Gasteiger partial charge in [0.1, 0.15) is 0 Å². The Bertz CT molecular complexity index is 155. The SMILES string of the molecule is O=C(C=CCCCl)C=CCCCl. The van der Waals surface area contributed by atoms with E-state index in [1.165, 1.54) is 12.2 Å². The number of carbonyl (C=O) groups is 1. The average molecular weight is 207 g/mol. The third kappa shape index (κ3) is 7.83. The molecular weight excluding hydrogens is 195 g/mol. The van der Waals surface area contributed by atoms with Gasteiger partial charge < -0.3 is 0 Å². The van der Waals surface area contributed by atoms with E-state index in [1.807, 2.05) is 0 Å². The normalized spacial score (nSPS) is 11.5. The van der Waals surface area contributed by atoms with Crippen molar-refractivity contribution >= 4 is 29.0 Å². The lowest BCUT2D eigenvalue weighted by molar-refractivity contribution is -0.110. The summed E-state index contributed by atoms with van der Waals surface area (Å²) in [5, 5.41) is 0. The molecule has 0 radical (unpaired) electrons. The average Bonchev–Trinajstić information content (AvgIpc) is 2.06. The topological polar surface area (TPSA) is 17.1 Å². The number of carbonyl (C=O) groups excluding carboxylic acids is 1. The quantitative estimate of drug-likeness (QED) is 0.483. The maximum atomic E-state index is 10.9. The van der Waals surface area contributed by atoms with Crippen LogP contribution in [0.25, 0.3) is 0 Å². The minimum atomic E-state index is -0.00904. The van der Waals surface area contributed by atoms with Gasteiger partial charge >= 0.3 is 0 Å². The molecule has 0 amide bonds. The molecule has 0 aromatic heterocycles. The molecule has 3 heteroatoms. The molecule has 12 heavy (non-hydrogen) atoms. The van der Waals surface area contributed by atoms with E-state index < -0.39 is 0 Å². The third-order valence-electron chi connectivity index (χ3n) is 1.12. The first kappa shape index (κ1) is 11.7. The minimum Gasteiger partial charge on any atom is -0.290 e.